The Morgan fingerprint density at radius 2 is 1.90 bits per heavy atom. The van der Waals surface area contributed by atoms with E-state index in [2.05, 4.69) is 11.2 Å². The van der Waals surface area contributed by atoms with Crippen LogP contribution in [0.2, 0.25) is 0 Å². The standard InChI is InChI=1S/C22H18N2O3S2/c1-2-16-7-5-10-19(13-16)23-22(25)20-14-17-8-3-4-9-18(17)15-24(20)29(26,27)21-11-6-12-28-21/h1,3-13,20H,14-15H2,(H,23,25)/t20-/m0/s1. The van der Waals surface area contributed by atoms with Crippen LogP contribution in [0.1, 0.15) is 16.7 Å². The van der Waals surface area contributed by atoms with Gasteiger partial charge < -0.3 is 5.32 Å². The van der Waals surface area contributed by atoms with Crippen molar-refractivity contribution in [2.45, 2.75) is 23.2 Å². The van der Waals surface area contributed by atoms with Gasteiger partial charge >= 0.3 is 0 Å². The van der Waals surface area contributed by atoms with Gasteiger partial charge in [-0.2, -0.15) is 4.31 Å². The Hall–Kier alpha value is -2.92. The minimum absolute atomic E-state index is 0.152. The summed E-state index contributed by atoms with van der Waals surface area (Å²) in [6.45, 7) is 0.152. The topological polar surface area (TPSA) is 66.5 Å². The lowest BCUT2D eigenvalue weighted by atomic mass is 9.95. The molecule has 1 amide bonds. The number of benzene rings is 2. The highest BCUT2D eigenvalue weighted by molar-refractivity contribution is 7.91. The lowest BCUT2D eigenvalue weighted by molar-refractivity contribution is -0.120. The Bertz CT molecular complexity index is 1190. The Balaban J connectivity index is 1.70. The first-order valence-corrected chi connectivity index (χ1v) is 11.3. The summed E-state index contributed by atoms with van der Waals surface area (Å²) in [5.74, 6) is 2.15. The molecule has 1 aliphatic heterocycles. The average Bonchev–Trinajstić information content (AvgIpc) is 3.29. The van der Waals surface area contributed by atoms with Gasteiger partial charge in [0.2, 0.25) is 5.91 Å². The number of fused-ring (bicyclic) bond motifs is 1. The number of anilines is 1. The molecule has 1 atom stereocenters. The lowest BCUT2D eigenvalue weighted by Crippen LogP contribution is -2.50. The summed E-state index contributed by atoms with van der Waals surface area (Å²) in [6.07, 6.45) is 5.74. The van der Waals surface area contributed by atoms with E-state index in [4.69, 9.17) is 6.42 Å². The van der Waals surface area contributed by atoms with Crippen LogP contribution in [0, 0.1) is 12.3 Å². The number of nitrogens with one attached hydrogen (secondary N) is 1. The molecule has 29 heavy (non-hydrogen) atoms. The van der Waals surface area contributed by atoms with Crippen molar-refractivity contribution in [2.24, 2.45) is 0 Å². The van der Waals surface area contributed by atoms with Crippen molar-refractivity contribution < 1.29 is 13.2 Å². The second kappa shape index (κ2) is 7.84. The van der Waals surface area contributed by atoms with E-state index in [0.717, 1.165) is 22.5 Å². The van der Waals surface area contributed by atoms with Crippen LogP contribution in [0.5, 0.6) is 0 Å². The first-order valence-electron chi connectivity index (χ1n) is 8.99. The molecule has 1 aliphatic rings. The van der Waals surface area contributed by atoms with Crippen LogP contribution >= 0.6 is 11.3 Å². The molecular weight excluding hydrogens is 404 g/mol. The minimum Gasteiger partial charge on any atom is -0.325 e. The van der Waals surface area contributed by atoms with Crippen LogP contribution in [0.15, 0.2) is 70.3 Å². The molecule has 0 radical (unpaired) electrons. The largest absolute Gasteiger partial charge is 0.325 e. The lowest BCUT2D eigenvalue weighted by Gasteiger charge is -2.34. The molecule has 146 valence electrons. The molecule has 5 nitrogen and oxygen atoms in total. The zero-order valence-corrected chi connectivity index (χ0v) is 17.0. The van der Waals surface area contributed by atoms with E-state index in [-0.39, 0.29) is 16.7 Å². The smallest absolute Gasteiger partial charge is 0.253 e. The molecule has 0 fully saturated rings. The molecule has 1 aromatic heterocycles. The Morgan fingerprint density at radius 1 is 1.10 bits per heavy atom. The van der Waals surface area contributed by atoms with Crippen LogP contribution in [0.3, 0.4) is 0 Å². The van der Waals surface area contributed by atoms with Crippen LogP contribution in [-0.4, -0.2) is 24.7 Å². The van der Waals surface area contributed by atoms with Gasteiger partial charge in [0.1, 0.15) is 10.3 Å². The predicted molar refractivity (Wildman–Crippen MR) is 114 cm³/mol. The Kier molecular flexibility index (Phi) is 5.24. The molecule has 0 saturated heterocycles. The summed E-state index contributed by atoms with van der Waals surface area (Å²) < 4.78 is 28.0. The molecule has 3 aromatic rings. The number of hydrogen-bond acceptors (Lipinski definition) is 4. The first kappa shape index (κ1) is 19.4. The van der Waals surface area contributed by atoms with E-state index in [1.165, 1.54) is 4.31 Å². The molecule has 2 heterocycles. The predicted octanol–water partition coefficient (Wildman–Crippen LogP) is 3.48. The van der Waals surface area contributed by atoms with Gasteiger partial charge in [0.05, 0.1) is 0 Å². The molecule has 4 rings (SSSR count). The molecular formula is C22H18N2O3S2. The minimum atomic E-state index is -3.80. The Labute approximate surface area is 174 Å². The number of amides is 1. The average molecular weight is 423 g/mol. The highest BCUT2D eigenvalue weighted by atomic mass is 32.2. The SMILES string of the molecule is C#Cc1cccc(NC(=O)[C@@H]2Cc3ccccc3CN2S(=O)(=O)c2cccs2)c1. The number of thiophene rings is 1. The number of carbonyl (C=O) groups excluding carboxylic acids is 1. The third-order valence-electron chi connectivity index (χ3n) is 4.86. The summed E-state index contributed by atoms with van der Waals surface area (Å²) in [5, 5.41) is 4.54. The highest BCUT2D eigenvalue weighted by Crippen LogP contribution is 2.31. The van der Waals surface area contributed by atoms with E-state index >= 15 is 0 Å². The maximum Gasteiger partial charge on any atom is 0.253 e. The van der Waals surface area contributed by atoms with Gasteiger partial charge in [0, 0.05) is 17.8 Å². The fourth-order valence-corrected chi connectivity index (χ4v) is 6.10. The van der Waals surface area contributed by atoms with Gasteiger partial charge in [-0.05, 0) is 47.2 Å². The van der Waals surface area contributed by atoms with Crippen LogP contribution in [0.25, 0.3) is 0 Å². The third-order valence-corrected chi connectivity index (χ3v) is 8.09. The van der Waals surface area contributed by atoms with Gasteiger partial charge in [0.25, 0.3) is 10.0 Å². The number of terminal acetylenes is 1. The first-order chi connectivity index (χ1) is 14.0. The highest BCUT2D eigenvalue weighted by Gasteiger charge is 2.40. The van der Waals surface area contributed by atoms with E-state index in [0.29, 0.717) is 17.7 Å². The molecule has 0 bridgehead atoms. The van der Waals surface area contributed by atoms with E-state index < -0.39 is 16.1 Å². The summed E-state index contributed by atoms with van der Waals surface area (Å²) in [4.78, 5) is 13.1. The summed E-state index contributed by atoms with van der Waals surface area (Å²) in [6, 6.07) is 16.9. The number of rotatable bonds is 4. The van der Waals surface area contributed by atoms with E-state index in [9.17, 15) is 13.2 Å². The van der Waals surface area contributed by atoms with Gasteiger partial charge in [-0.25, -0.2) is 8.42 Å². The van der Waals surface area contributed by atoms with Crippen molar-refractivity contribution in [1.29, 1.82) is 0 Å². The van der Waals surface area contributed by atoms with Gasteiger partial charge in [-0.15, -0.1) is 17.8 Å². The number of nitrogens with zero attached hydrogens (tertiary/aromatic N) is 1. The van der Waals surface area contributed by atoms with E-state index in [1.54, 1.807) is 41.8 Å². The van der Waals surface area contributed by atoms with Crippen molar-refractivity contribution >= 4 is 33.0 Å². The summed E-state index contributed by atoms with van der Waals surface area (Å²) >= 11 is 1.14. The molecule has 0 spiro atoms. The molecule has 0 unspecified atom stereocenters. The second-order valence-corrected chi connectivity index (χ2v) is 9.75. The maximum atomic E-state index is 13.3. The second-order valence-electron chi connectivity index (χ2n) is 6.69. The molecule has 0 saturated carbocycles. The van der Waals surface area contributed by atoms with Gasteiger partial charge in [-0.1, -0.05) is 42.3 Å². The third kappa shape index (κ3) is 3.83. The zero-order valence-electron chi connectivity index (χ0n) is 15.4. The number of carbonyl (C=O) groups is 1. The molecule has 0 aliphatic carbocycles. The van der Waals surface area contributed by atoms with Gasteiger partial charge in [-0.3, -0.25) is 4.79 Å². The fourth-order valence-electron chi connectivity index (χ4n) is 3.41. The monoisotopic (exact) mass is 422 g/mol. The quantitative estimate of drug-likeness (QED) is 0.655. The van der Waals surface area contributed by atoms with Crippen LogP contribution < -0.4 is 5.32 Å². The molecule has 7 heteroatoms. The number of hydrogen-bond donors (Lipinski definition) is 1. The van der Waals surface area contributed by atoms with Crippen LogP contribution in [0.4, 0.5) is 5.69 Å². The molecule has 1 N–H and O–H groups in total. The summed E-state index contributed by atoms with van der Waals surface area (Å²) in [7, 11) is -3.80. The van der Waals surface area contributed by atoms with E-state index in [1.807, 2.05) is 24.3 Å². The fraction of sp³-hybridized carbons (Fsp3) is 0.136. The molecule has 2 aromatic carbocycles. The normalized spacial score (nSPS) is 16.6. The Morgan fingerprint density at radius 3 is 2.62 bits per heavy atom. The van der Waals surface area contributed by atoms with Crippen molar-refractivity contribution in [3.8, 4) is 12.3 Å². The van der Waals surface area contributed by atoms with Crippen molar-refractivity contribution in [3.05, 3.63) is 82.7 Å². The van der Waals surface area contributed by atoms with Crippen LogP contribution in [-0.2, 0) is 27.8 Å². The van der Waals surface area contributed by atoms with Crippen molar-refractivity contribution in [3.63, 3.8) is 0 Å². The maximum absolute atomic E-state index is 13.3. The summed E-state index contributed by atoms with van der Waals surface area (Å²) in [5.41, 5.74) is 3.06. The zero-order chi connectivity index (χ0) is 20.4. The van der Waals surface area contributed by atoms with Crippen molar-refractivity contribution in [2.75, 3.05) is 5.32 Å². The van der Waals surface area contributed by atoms with Gasteiger partial charge in [0.15, 0.2) is 0 Å². The number of sulfonamides is 1. The van der Waals surface area contributed by atoms with Crippen molar-refractivity contribution in [1.82, 2.24) is 4.31 Å².